The fourth-order valence-electron chi connectivity index (χ4n) is 1.19. The fourth-order valence-corrected chi connectivity index (χ4v) is 1.19. The molecule has 0 aliphatic carbocycles. The fraction of sp³-hybridized carbons (Fsp3) is 0.455. The van der Waals surface area contributed by atoms with Gasteiger partial charge in [-0.3, -0.25) is 4.59 Å². The summed E-state index contributed by atoms with van der Waals surface area (Å²) in [6.45, 7) is 0.785. The lowest BCUT2D eigenvalue weighted by Gasteiger charge is -2.25. The minimum Gasteiger partial charge on any atom is -0.323 e. The van der Waals surface area contributed by atoms with Crippen LogP contribution in [0, 0.1) is 0 Å². The average Bonchev–Trinajstić information content (AvgIpc) is 2.14. The van der Waals surface area contributed by atoms with Crippen LogP contribution in [0.15, 0.2) is 30.3 Å². The van der Waals surface area contributed by atoms with E-state index in [2.05, 4.69) is 38.7 Å². The summed E-state index contributed by atoms with van der Waals surface area (Å²) >= 11 is 0. The highest BCUT2D eigenvalue weighted by Gasteiger charge is 2.10. The number of quaternary nitrogens is 1. The minimum atomic E-state index is 0.0635. The molecule has 1 aromatic rings. The van der Waals surface area contributed by atoms with Crippen LogP contribution in [0.2, 0.25) is 0 Å². The van der Waals surface area contributed by atoms with Crippen molar-refractivity contribution in [2.45, 2.75) is 6.04 Å². The van der Waals surface area contributed by atoms with Crippen molar-refractivity contribution < 1.29 is 4.59 Å². The summed E-state index contributed by atoms with van der Waals surface area (Å²) in [5.41, 5.74) is 10.5. The molecule has 3 N–H and O–H groups in total. The first-order valence-corrected chi connectivity index (χ1v) is 4.86. The second kappa shape index (κ2) is 4.55. The highest BCUT2D eigenvalue weighted by atomic mass is 15.6. The molecule has 78 valence electrons. The Morgan fingerprint density at radius 1 is 1.21 bits per heavy atom. The number of hydrogen-bond donors (Lipinski definition) is 2. The monoisotopic (exact) mass is 194 g/mol. The molecule has 0 radical (unpaired) electrons. The Balaban J connectivity index is 2.48. The smallest absolute Gasteiger partial charge is 0.0853 e. The molecule has 0 bridgehead atoms. The Hall–Kier alpha value is -0.900. The first kappa shape index (κ1) is 11.2. The molecule has 1 aromatic carbocycles. The van der Waals surface area contributed by atoms with Gasteiger partial charge in [0.25, 0.3) is 0 Å². The quantitative estimate of drug-likeness (QED) is 0.552. The van der Waals surface area contributed by atoms with Crippen molar-refractivity contribution in [3.8, 4) is 0 Å². The van der Waals surface area contributed by atoms with Gasteiger partial charge in [-0.1, -0.05) is 30.3 Å². The zero-order chi connectivity index (χ0) is 10.6. The molecule has 0 fully saturated rings. The van der Waals surface area contributed by atoms with Crippen molar-refractivity contribution in [2.75, 3.05) is 27.7 Å². The minimum absolute atomic E-state index is 0.0635. The summed E-state index contributed by atoms with van der Waals surface area (Å²) in [7, 11) is 6.24. The molecular weight excluding hydrogens is 174 g/mol. The highest BCUT2D eigenvalue weighted by molar-refractivity contribution is 5.18. The van der Waals surface area contributed by atoms with Gasteiger partial charge in [0.2, 0.25) is 0 Å². The van der Waals surface area contributed by atoms with E-state index in [1.54, 1.807) is 0 Å². The third-order valence-corrected chi connectivity index (χ3v) is 2.01. The lowest BCUT2D eigenvalue weighted by molar-refractivity contribution is -0.915. The molecule has 3 heteroatoms. The van der Waals surface area contributed by atoms with E-state index in [1.165, 1.54) is 5.56 Å². The Morgan fingerprint density at radius 3 is 2.29 bits per heavy atom. The molecule has 1 atom stereocenters. The summed E-state index contributed by atoms with van der Waals surface area (Å²) in [5.74, 6) is 0. The molecule has 0 heterocycles. The molecule has 14 heavy (non-hydrogen) atoms. The van der Waals surface area contributed by atoms with Crippen LogP contribution in [-0.4, -0.2) is 32.3 Å². The number of nitrogens with one attached hydrogen (secondary N) is 1. The maximum atomic E-state index is 6.03. The molecule has 0 saturated carbocycles. The summed E-state index contributed by atoms with van der Waals surface area (Å²) in [6, 6.07) is 10.2. The summed E-state index contributed by atoms with van der Waals surface area (Å²) in [6.07, 6.45) is 0. The van der Waals surface area contributed by atoms with Gasteiger partial charge in [0.15, 0.2) is 0 Å². The first-order valence-electron chi connectivity index (χ1n) is 4.86. The van der Waals surface area contributed by atoms with E-state index >= 15 is 0 Å². The zero-order valence-electron chi connectivity index (χ0n) is 9.20. The molecule has 3 nitrogen and oxygen atoms in total. The van der Waals surface area contributed by atoms with Gasteiger partial charge < -0.3 is 5.73 Å². The third kappa shape index (κ3) is 3.87. The van der Waals surface area contributed by atoms with Gasteiger partial charge in [0.1, 0.15) is 0 Å². The lowest BCUT2D eigenvalue weighted by atomic mass is 10.1. The molecule has 0 aliphatic heterocycles. The molecule has 0 amide bonds. The largest absolute Gasteiger partial charge is 0.323 e. The SMILES string of the molecule is C[N+](C)(C)NCC(N)c1ccccc1. The topological polar surface area (TPSA) is 38.0 Å². The van der Waals surface area contributed by atoms with Gasteiger partial charge in [-0.05, 0) is 5.56 Å². The lowest BCUT2D eigenvalue weighted by Crippen LogP contribution is -2.50. The van der Waals surface area contributed by atoms with Crippen LogP contribution in [0.3, 0.4) is 0 Å². The van der Waals surface area contributed by atoms with Crippen molar-refractivity contribution >= 4 is 0 Å². The van der Waals surface area contributed by atoms with Crippen LogP contribution in [0.4, 0.5) is 0 Å². The standard InChI is InChI=1S/C11H20N3/c1-14(2,3)13-9-11(12)10-7-5-4-6-8-10/h4-8,11,13H,9,12H2,1-3H3/q+1. The van der Waals surface area contributed by atoms with Crippen molar-refractivity contribution in [3.05, 3.63) is 35.9 Å². The van der Waals surface area contributed by atoms with E-state index in [9.17, 15) is 0 Å². The van der Waals surface area contributed by atoms with Crippen molar-refractivity contribution in [3.63, 3.8) is 0 Å². The van der Waals surface area contributed by atoms with E-state index in [-0.39, 0.29) is 6.04 Å². The summed E-state index contributed by atoms with van der Waals surface area (Å²) in [4.78, 5) is 0. The van der Waals surface area contributed by atoms with E-state index in [0.29, 0.717) is 0 Å². The number of nitrogens with zero attached hydrogens (tertiary/aromatic N) is 1. The molecule has 1 rings (SSSR count). The Bertz CT molecular complexity index is 264. The van der Waals surface area contributed by atoms with Crippen LogP contribution in [-0.2, 0) is 0 Å². The van der Waals surface area contributed by atoms with Gasteiger partial charge in [0.05, 0.1) is 27.7 Å². The normalized spacial score (nSPS) is 14.0. The van der Waals surface area contributed by atoms with E-state index in [1.807, 2.05) is 18.2 Å². The van der Waals surface area contributed by atoms with Crippen molar-refractivity contribution in [2.24, 2.45) is 5.73 Å². The van der Waals surface area contributed by atoms with Crippen LogP contribution >= 0.6 is 0 Å². The van der Waals surface area contributed by atoms with Crippen LogP contribution in [0.5, 0.6) is 0 Å². The maximum absolute atomic E-state index is 6.03. The Kier molecular flexibility index (Phi) is 3.63. The second-order valence-corrected chi connectivity index (χ2v) is 4.39. The molecular formula is C11H20N3+. The maximum Gasteiger partial charge on any atom is 0.0853 e. The number of benzene rings is 1. The molecule has 0 spiro atoms. The van der Waals surface area contributed by atoms with E-state index in [4.69, 9.17) is 5.73 Å². The predicted molar refractivity (Wildman–Crippen MR) is 59.4 cm³/mol. The van der Waals surface area contributed by atoms with Crippen molar-refractivity contribution in [1.29, 1.82) is 0 Å². The Morgan fingerprint density at radius 2 is 1.79 bits per heavy atom. The molecule has 1 unspecified atom stereocenters. The Labute approximate surface area is 86.1 Å². The summed E-state index contributed by atoms with van der Waals surface area (Å²) < 4.78 is 0.723. The van der Waals surface area contributed by atoms with Gasteiger partial charge in [0, 0.05) is 6.04 Å². The van der Waals surface area contributed by atoms with E-state index < -0.39 is 0 Å². The van der Waals surface area contributed by atoms with Crippen LogP contribution < -0.4 is 11.2 Å². The second-order valence-electron chi connectivity index (χ2n) is 4.39. The molecule has 0 aromatic heterocycles. The van der Waals surface area contributed by atoms with Crippen LogP contribution in [0.1, 0.15) is 11.6 Å². The van der Waals surface area contributed by atoms with Gasteiger partial charge in [-0.15, -0.1) is 0 Å². The predicted octanol–water partition coefficient (Wildman–Crippen LogP) is 0.897. The molecule has 0 aliphatic rings. The van der Waals surface area contributed by atoms with Crippen LogP contribution in [0.25, 0.3) is 0 Å². The van der Waals surface area contributed by atoms with E-state index in [0.717, 1.165) is 11.1 Å². The number of rotatable bonds is 4. The van der Waals surface area contributed by atoms with Crippen molar-refractivity contribution in [1.82, 2.24) is 5.43 Å². The zero-order valence-corrected chi connectivity index (χ0v) is 9.20. The third-order valence-electron chi connectivity index (χ3n) is 2.01. The average molecular weight is 194 g/mol. The number of hydrogen-bond acceptors (Lipinski definition) is 2. The van der Waals surface area contributed by atoms with Gasteiger partial charge in [-0.2, -0.15) is 5.43 Å². The van der Waals surface area contributed by atoms with Gasteiger partial charge in [-0.25, -0.2) is 0 Å². The number of nitrogens with two attached hydrogens (primary N) is 1. The first-order chi connectivity index (χ1) is 6.49. The molecule has 0 saturated heterocycles. The van der Waals surface area contributed by atoms with Gasteiger partial charge >= 0.3 is 0 Å². The summed E-state index contributed by atoms with van der Waals surface area (Å²) in [5, 5.41) is 0. The highest BCUT2D eigenvalue weighted by Crippen LogP contribution is 2.08.